The molecule has 0 aromatic heterocycles. The van der Waals surface area contributed by atoms with Crippen molar-refractivity contribution in [3.63, 3.8) is 0 Å². The van der Waals surface area contributed by atoms with E-state index in [1.165, 1.54) is 18.6 Å². The summed E-state index contributed by atoms with van der Waals surface area (Å²) >= 11 is 0. The molecule has 0 spiro atoms. The number of rotatable bonds is 2. The van der Waals surface area contributed by atoms with Crippen molar-refractivity contribution < 1.29 is 12.8 Å². The summed E-state index contributed by atoms with van der Waals surface area (Å²) in [6.07, 6.45) is 5.14. The van der Waals surface area contributed by atoms with Crippen LogP contribution in [0.1, 0.15) is 43.2 Å². The fraction of sp³-hybridized carbons (Fsp3) is 0.600. The van der Waals surface area contributed by atoms with Crippen molar-refractivity contribution in [1.82, 2.24) is 4.31 Å². The van der Waals surface area contributed by atoms with E-state index in [0.717, 1.165) is 25.7 Å². The quantitative estimate of drug-likeness (QED) is 0.839. The maximum atomic E-state index is 13.3. The summed E-state index contributed by atoms with van der Waals surface area (Å²) in [6, 6.07) is 2.59. The Balaban J connectivity index is 2.38. The second kappa shape index (κ2) is 6.22. The summed E-state index contributed by atoms with van der Waals surface area (Å²) in [7, 11) is -3.51. The van der Waals surface area contributed by atoms with E-state index >= 15 is 0 Å². The number of nitrogens with zero attached hydrogens (tertiary/aromatic N) is 1. The van der Waals surface area contributed by atoms with Crippen LogP contribution in [0.5, 0.6) is 0 Å². The fourth-order valence-corrected chi connectivity index (χ4v) is 4.82. The molecule has 112 valence electrons. The highest BCUT2D eigenvalue weighted by molar-refractivity contribution is 7.89. The van der Waals surface area contributed by atoms with Crippen LogP contribution in [0.2, 0.25) is 0 Å². The van der Waals surface area contributed by atoms with Crippen LogP contribution in [0, 0.1) is 19.7 Å². The average Bonchev–Trinajstić information content (AvgIpc) is 2.25. The van der Waals surface area contributed by atoms with Gasteiger partial charge in [0.2, 0.25) is 10.0 Å². The molecule has 5 heteroatoms. The molecule has 0 atom stereocenters. The zero-order valence-electron chi connectivity index (χ0n) is 12.2. The number of benzene rings is 1. The van der Waals surface area contributed by atoms with E-state index in [4.69, 9.17) is 0 Å². The number of hydrogen-bond donors (Lipinski definition) is 0. The number of halogens is 1. The van der Waals surface area contributed by atoms with Gasteiger partial charge >= 0.3 is 0 Å². The third-order valence-electron chi connectivity index (χ3n) is 3.84. The van der Waals surface area contributed by atoms with Crippen LogP contribution in [0.15, 0.2) is 17.0 Å². The van der Waals surface area contributed by atoms with Gasteiger partial charge in [-0.1, -0.05) is 19.3 Å². The van der Waals surface area contributed by atoms with E-state index in [1.807, 2.05) is 0 Å². The number of aryl methyl sites for hydroxylation is 2. The van der Waals surface area contributed by atoms with Gasteiger partial charge in [0.15, 0.2) is 0 Å². The van der Waals surface area contributed by atoms with Gasteiger partial charge in [-0.2, -0.15) is 4.31 Å². The van der Waals surface area contributed by atoms with Gasteiger partial charge in [-0.05, 0) is 49.9 Å². The monoisotopic (exact) mass is 299 g/mol. The van der Waals surface area contributed by atoms with Gasteiger partial charge in [0.25, 0.3) is 0 Å². The molecule has 0 amide bonds. The molecule has 1 aromatic carbocycles. The Morgan fingerprint density at radius 2 is 1.40 bits per heavy atom. The molecule has 1 saturated heterocycles. The summed E-state index contributed by atoms with van der Waals surface area (Å²) in [5.41, 5.74) is 0.981. The van der Waals surface area contributed by atoms with Gasteiger partial charge in [0.05, 0.1) is 4.90 Å². The van der Waals surface area contributed by atoms with Crippen molar-refractivity contribution in [3.05, 3.63) is 29.1 Å². The molecule has 3 nitrogen and oxygen atoms in total. The second-order valence-corrected chi connectivity index (χ2v) is 7.42. The van der Waals surface area contributed by atoms with Crippen LogP contribution in [0.3, 0.4) is 0 Å². The van der Waals surface area contributed by atoms with Crippen LogP contribution < -0.4 is 0 Å². The van der Waals surface area contributed by atoms with Gasteiger partial charge in [0.1, 0.15) is 5.82 Å². The Hall–Kier alpha value is -0.940. The molecule has 1 aromatic rings. The maximum absolute atomic E-state index is 13.3. The lowest BCUT2D eigenvalue weighted by Gasteiger charge is -2.25. The van der Waals surface area contributed by atoms with Crippen LogP contribution in [0.25, 0.3) is 0 Å². The van der Waals surface area contributed by atoms with Crippen molar-refractivity contribution in [3.8, 4) is 0 Å². The van der Waals surface area contributed by atoms with Gasteiger partial charge in [-0.15, -0.1) is 0 Å². The third kappa shape index (κ3) is 3.20. The Kier molecular flexibility index (Phi) is 4.81. The number of hydrogen-bond acceptors (Lipinski definition) is 2. The summed E-state index contributed by atoms with van der Waals surface area (Å²) in [5, 5.41) is 0. The molecule has 1 heterocycles. The molecule has 20 heavy (non-hydrogen) atoms. The standard InChI is InChI=1S/C15H22FNO2S/c1-12-10-14(16)11-13(2)15(12)20(18,19)17-8-6-4-3-5-7-9-17/h10-11H,3-9H2,1-2H3. The summed E-state index contributed by atoms with van der Waals surface area (Å²) in [5.74, 6) is -0.383. The molecule has 0 radical (unpaired) electrons. The molecule has 1 aliphatic heterocycles. The fourth-order valence-electron chi connectivity index (χ4n) is 2.89. The Labute approximate surface area is 120 Å². The molecule has 0 saturated carbocycles. The van der Waals surface area contributed by atoms with Crippen LogP contribution >= 0.6 is 0 Å². The van der Waals surface area contributed by atoms with Gasteiger partial charge in [-0.3, -0.25) is 0 Å². The SMILES string of the molecule is Cc1cc(F)cc(C)c1S(=O)(=O)N1CCCCCCC1. The third-order valence-corrected chi connectivity index (χ3v) is 6.04. The first kappa shape index (κ1) is 15.4. The molecule has 1 aliphatic rings. The predicted octanol–water partition coefficient (Wildman–Crippen LogP) is 3.40. The summed E-state index contributed by atoms with van der Waals surface area (Å²) < 4.78 is 40.5. The van der Waals surface area contributed by atoms with E-state index in [-0.39, 0.29) is 10.7 Å². The molecule has 0 bridgehead atoms. The summed E-state index contributed by atoms with van der Waals surface area (Å²) in [4.78, 5) is 0.277. The van der Waals surface area contributed by atoms with Crippen LogP contribution in [-0.4, -0.2) is 25.8 Å². The highest BCUT2D eigenvalue weighted by Gasteiger charge is 2.28. The first-order chi connectivity index (χ1) is 9.43. The van der Waals surface area contributed by atoms with Crippen molar-refractivity contribution >= 4 is 10.0 Å². The Bertz CT molecular complexity index is 553. The topological polar surface area (TPSA) is 37.4 Å². The zero-order valence-corrected chi connectivity index (χ0v) is 13.0. The minimum atomic E-state index is -3.51. The average molecular weight is 299 g/mol. The van der Waals surface area contributed by atoms with Gasteiger partial charge in [-0.25, -0.2) is 12.8 Å². The maximum Gasteiger partial charge on any atom is 0.243 e. The zero-order chi connectivity index (χ0) is 14.8. The van der Waals surface area contributed by atoms with Gasteiger partial charge in [0, 0.05) is 13.1 Å². The highest BCUT2D eigenvalue weighted by atomic mass is 32.2. The second-order valence-electron chi connectivity index (χ2n) is 5.54. The minimum Gasteiger partial charge on any atom is -0.207 e. The lowest BCUT2D eigenvalue weighted by molar-refractivity contribution is 0.363. The normalized spacial score (nSPS) is 18.6. The van der Waals surface area contributed by atoms with E-state index in [0.29, 0.717) is 24.2 Å². The van der Waals surface area contributed by atoms with Crippen molar-refractivity contribution in [2.45, 2.75) is 50.8 Å². The molecule has 0 N–H and O–H groups in total. The molecular weight excluding hydrogens is 277 g/mol. The first-order valence-electron chi connectivity index (χ1n) is 7.20. The minimum absolute atomic E-state index is 0.277. The Morgan fingerprint density at radius 3 is 1.90 bits per heavy atom. The smallest absolute Gasteiger partial charge is 0.207 e. The predicted molar refractivity (Wildman–Crippen MR) is 77.7 cm³/mol. The lowest BCUT2D eigenvalue weighted by Crippen LogP contribution is -2.34. The molecular formula is C15H22FNO2S. The molecule has 0 aliphatic carbocycles. The lowest BCUT2D eigenvalue weighted by atomic mass is 10.1. The first-order valence-corrected chi connectivity index (χ1v) is 8.64. The summed E-state index contributed by atoms with van der Waals surface area (Å²) in [6.45, 7) is 4.46. The van der Waals surface area contributed by atoms with E-state index < -0.39 is 10.0 Å². The molecule has 2 rings (SSSR count). The number of sulfonamides is 1. The van der Waals surface area contributed by atoms with Crippen LogP contribution in [-0.2, 0) is 10.0 Å². The molecule has 0 unspecified atom stereocenters. The van der Waals surface area contributed by atoms with Gasteiger partial charge < -0.3 is 0 Å². The van der Waals surface area contributed by atoms with Crippen LogP contribution in [0.4, 0.5) is 4.39 Å². The van der Waals surface area contributed by atoms with E-state index in [9.17, 15) is 12.8 Å². The van der Waals surface area contributed by atoms with Crippen molar-refractivity contribution in [1.29, 1.82) is 0 Å². The highest BCUT2D eigenvalue weighted by Crippen LogP contribution is 2.26. The Morgan fingerprint density at radius 1 is 0.950 bits per heavy atom. The largest absolute Gasteiger partial charge is 0.243 e. The van der Waals surface area contributed by atoms with Crippen molar-refractivity contribution in [2.24, 2.45) is 0 Å². The van der Waals surface area contributed by atoms with Crippen molar-refractivity contribution in [2.75, 3.05) is 13.1 Å². The van der Waals surface area contributed by atoms with E-state index in [2.05, 4.69) is 0 Å². The molecule has 1 fully saturated rings. The van der Waals surface area contributed by atoms with E-state index in [1.54, 1.807) is 18.2 Å².